The third kappa shape index (κ3) is 7.12. The van der Waals surface area contributed by atoms with Gasteiger partial charge >= 0.3 is 0 Å². The number of benzene rings is 2. The second kappa shape index (κ2) is 15.1. The molecule has 0 aliphatic carbocycles. The van der Waals surface area contributed by atoms with Crippen LogP contribution in [0.5, 0.6) is 0 Å². The monoisotopic (exact) mass is 667 g/mol. The number of hydrogen-bond acceptors (Lipinski definition) is 13. The summed E-state index contributed by atoms with van der Waals surface area (Å²) in [4.78, 5) is 33.3. The number of imidazole rings is 1. The minimum atomic E-state index is -1.06. The number of aliphatic hydroxyl groups excluding tert-OH is 1. The van der Waals surface area contributed by atoms with Crippen molar-refractivity contribution in [1.82, 2.24) is 34.6 Å². The van der Waals surface area contributed by atoms with Gasteiger partial charge in [0.15, 0.2) is 35.1 Å². The number of nitrogens with zero attached hydrogens (tertiary/aromatic N) is 7. The first-order chi connectivity index (χ1) is 24.1. The fraction of sp³-hybridized carbons (Fsp3) is 0.429. The van der Waals surface area contributed by atoms with Crippen LogP contribution in [0, 0.1) is 0 Å². The molecule has 2 aliphatic rings. The molecular weight excluding hydrogens is 626 g/mol. The predicted octanol–water partition coefficient (Wildman–Crippen LogP) is 4.01. The van der Waals surface area contributed by atoms with Crippen LogP contribution in [0.2, 0.25) is 0 Å². The van der Waals surface area contributed by atoms with Crippen molar-refractivity contribution in [3.63, 3.8) is 0 Å². The highest BCUT2D eigenvalue weighted by molar-refractivity contribution is 5.87. The molecule has 3 N–H and O–H groups in total. The van der Waals surface area contributed by atoms with E-state index in [1.165, 1.54) is 19.3 Å². The van der Waals surface area contributed by atoms with Crippen molar-refractivity contribution in [3.05, 3.63) is 77.6 Å². The molecule has 0 radical (unpaired) electrons. The second-order valence-electron chi connectivity index (χ2n) is 12.3. The van der Waals surface area contributed by atoms with E-state index in [1.807, 2.05) is 43.3 Å². The van der Waals surface area contributed by atoms with Gasteiger partial charge in [-0.3, -0.25) is 9.36 Å². The van der Waals surface area contributed by atoms with Crippen LogP contribution in [0.3, 0.4) is 0 Å². The van der Waals surface area contributed by atoms with E-state index in [0.29, 0.717) is 54.7 Å². The van der Waals surface area contributed by atoms with Crippen LogP contribution in [-0.4, -0.2) is 97.7 Å². The topological polar surface area (TPSA) is 166 Å². The molecule has 0 amide bonds. The van der Waals surface area contributed by atoms with Gasteiger partial charge in [-0.2, -0.15) is 15.0 Å². The maximum absolute atomic E-state index is 11.5. The van der Waals surface area contributed by atoms with Gasteiger partial charge in [0.2, 0.25) is 11.8 Å². The zero-order valence-electron chi connectivity index (χ0n) is 27.4. The third-order valence-corrected chi connectivity index (χ3v) is 9.12. The number of hydrogen-bond donors (Lipinski definition) is 3. The predicted molar refractivity (Wildman–Crippen MR) is 182 cm³/mol. The van der Waals surface area contributed by atoms with Gasteiger partial charge in [0.1, 0.15) is 6.10 Å². The zero-order chi connectivity index (χ0) is 33.6. The Bertz CT molecular complexity index is 1790. The number of nitrogens with one attached hydrogen (secondary N) is 2. The summed E-state index contributed by atoms with van der Waals surface area (Å²) in [7, 11) is 0. The Hall–Kier alpha value is -4.92. The lowest BCUT2D eigenvalue weighted by Gasteiger charge is -2.26. The van der Waals surface area contributed by atoms with E-state index >= 15 is 0 Å². The number of anilines is 2. The van der Waals surface area contributed by atoms with Crippen LogP contribution in [0.1, 0.15) is 55.3 Å². The molecule has 2 aromatic carbocycles. The average molecular weight is 668 g/mol. The van der Waals surface area contributed by atoms with Crippen LogP contribution < -0.4 is 10.6 Å². The Morgan fingerprint density at radius 3 is 2.39 bits per heavy atom. The number of rotatable bonds is 14. The van der Waals surface area contributed by atoms with Gasteiger partial charge < -0.3 is 34.6 Å². The SMILES string of the molecule is CCc1noc(-c2nc3c(NCC(c4ccccc4)c4ccccc4)nc(NCCN4CCCCC4)nc3n2[C@@H]2OC[C@H](O)[C@H]2OC=O)n1. The summed E-state index contributed by atoms with van der Waals surface area (Å²) in [5.41, 5.74) is 3.12. The number of fused-ring (bicyclic) bond motifs is 1. The lowest BCUT2D eigenvalue weighted by Crippen LogP contribution is -2.34. The lowest BCUT2D eigenvalue weighted by molar-refractivity contribution is -0.142. The molecule has 3 atom stereocenters. The molecule has 49 heavy (non-hydrogen) atoms. The maximum Gasteiger partial charge on any atom is 0.294 e. The van der Waals surface area contributed by atoms with Crippen molar-refractivity contribution in [1.29, 1.82) is 0 Å². The Kier molecular flexibility index (Phi) is 10.1. The van der Waals surface area contributed by atoms with E-state index in [4.69, 9.17) is 28.9 Å². The highest BCUT2D eigenvalue weighted by Crippen LogP contribution is 2.37. The summed E-state index contributed by atoms with van der Waals surface area (Å²) in [5, 5.41) is 21.8. The van der Waals surface area contributed by atoms with E-state index in [0.717, 1.165) is 30.8 Å². The van der Waals surface area contributed by atoms with E-state index < -0.39 is 18.4 Å². The number of carbonyl (C=O) groups is 1. The van der Waals surface area contributed by atoms with Gasteiger partial charge in [0.25, 0.3) is 12.4 Å². The van der Waals surface area contributed by atoms with Gasteiger partial charge in [-0.1, -0.05) is 79.2 Å². The largest absolute Gasteiger partial charge is 0.457 e. The van der Waals surface area contributed by atoms with Gasteiger partial charge in [-0.15, -0.1) is 0 Å². The number of aromatic nitrogens is 6. The summed E-state index contributed by atoms with van der Waals surface area (Å²) in [6, 6.07) is 20.6. The van der Waals surface area contributed by atoms with Gasteiger partial charge in [0.05, 0.1) is 6.61 Å². The van der Waals surface area contributed by atoms with E-state index in [-0.39, 0.29) is 24.2 Å². The highest BCUT2D eigenvalue weighted by atomic mass is 16.6. The summed E-state index contributed by atoms with van der Waals surface area (Å²) in [5.74, 6) is 1.78. The molecule has 14 nitrogen and oxygen atoms in total. The van der Waals surface area contributed by atoms with E-state index in [1.54, 1.807) is 4.57 Å². The Morgan fingerprint density at radius 2 is 1.71 bits per heavy atom. The first-order valence-corrected chi connectivity index (χ1v) is 16.9. The van der Waals surface area contributed by atoms with Crippen molar-refractivity contribution in [3.8, 4) is 11.7 Å². The molecule has 0 unspecified atom stereocenters. The molecule has 0 spiro atoms. The smallest absolute Gasteiger partial charge is 0.294 e. The normalized spacial score (nSPS) is 19.8. The van der Waals surface area contributed by atoms with Gasteiger partial charge in [-0.25, -0.2) is 4.98 Å². The first kappa shape index (κ1) is 32.6. The molecule has 5 heterocycles. The van der Waals surface area contributed by atoms with Crippen LogP contribution in [0.4, 0.5) is 11.8 Å². The summed E-state index contributed by atoms with van der Waals surface area (Å²) < 4.78 is 18.7. The minimum Gasteiger partial charge on any atom is -0.457 e. The fourth-order valence-corrected chi connectivity index (χ4v) is 6.58. The standard InChI is InChI=1S/C35H41N9O5/c1-2-27-38-33(49-42-27)32-39-28-30(37-20-25(23-12-6-3-7-13-23)24-14-8-4-9-15-24)40-35(36-16-19-43-17-10-5-11-18-43)41-31(28)44(32)34-29(48-22-45)26(46)21-47-34/h3-4,6-9,12-15,22,25-26,29,34,46H,2,5,10-11,16-21H2,1H3,(H2,36,37,40,41)/t26-,29+,34+/m0/s1. The molecule has 0 saturated carbocycles. The van der Waals surface area contributed by atoms with Crippen molar-refractivity contribution in [2.75, 3.05) is 50.0 Å². The quantitative estimate of drug-likeness (QED) is 0.146. The minimum absolute atomic E-state index is 0.00576. The maximum atomic E-state index is 11.5. The van der Waals surface area contributed by atoms with E-state index in [9.17, 15) is 9.90 Å². The second-order valence-corrected chi connectivity index (χ2v) is 12.3. The number of piperidine rings is 1. The Morgan fingerprint density at radius 1 is 0.980 bits per heavy atom. The summed E-state index contributed by atoms with van der Waals surface area (Å²) in [6.45, 7) is 6.33. The molecular formula is C35H41N9O5. The van der Waals surface area contributed by atoms with Crippen molar-refractivity contribution < 1.29 is 23.9 Å². The van der Waals surface area contributed by atoms with Crippen molar-refractivity contribution in [2.45, 2.75) is 57.0 Å². The van der Waals surface area contributed by atoms with Crippen LogP contribution in [0.25, 0.3) is 22.9 Å². The first-order valence-electron chi connectivity index (χ1n) is 16.9. The third-order valence-electron chi connectivity index (χ3n) is 9.12. The molecule has 2 fully saturated rings. The lowest BCUT2D eigenvalue weighted by atomic mass is 9.91. The van der Waals surface area contributed by atoms with Gasteiger partial charge in [0, 0.05) is 32.0 Å². The van der Waals surface area contributed by atoms with Gasteiger partial charge in [-0.05, 0) is 37.1 Å². The number of aryl methyl sites for hydroxylation is 1. The Labute approximate surface area is 283 Å². The number of ether oxygens (including phenoxy) is 2. The number of likely N-dealkylation sites (tertiary alicyclic amines) is 1. The molecule has 14 heteroatoms. The Balaban J connectivity index is 1.31. The molecule has 2 saturated heterocycles. The summed E-state index contributed by atoms with van der Waals surface area (Å²) in [6.07, 6.45) is 1.17. The van der Waals surface area contributed by atoms with Crippen molar-refractivity contribution in [2.24, 2.45) is 0 Å². The van der Waals surface area contributed by atoms with Crippen LogP contribution in [-0.2, 0) is 20.7 Å². The molecule has 256 valence electrons. The zero-order valence-corrected chi connectivity index (χ0v) is 27.4. The fourth-order valence-electron chi connectivity index (χ4n) is 6.58. The highest BCUT2D eigenvalue weighted by Gasteiger charge is 2.42. The molecule has 5 aromatic rings. The molecule has 0 bridgehead atoms. The number of aliphatic hydroxyl groups is 1. The van der Waals surface area contributed by atoms with Crippen LogP contribution in [0.15, 0.2) is 65.2 Å². The number of carbonyl (C=O) groups excluding carboxylic acids is 1. The van der Waals surface area contributed by atoms with Crippen molar-refractivity contribution >= 4 is 29.4 Å². The molecule has 3 aromatic heterocycles. The average Bonchev–Trinajstić information content (AvgIpc) is 3.87. The van der Waals surface area contributed by atoms with Crippen LogP contribution >= 0.6 is 0 Å². The molecule has 2 aliphatic heterocycles. The summed E-state index contributed by atoms with van der Waals surface area (Å²) >= 11 is 0. The molecule has 7 rings (SSSR count). The van der Waals surface area contributed by atoms with E-state index in [2.05, 4.69) is 49.9 Å².